The number of hydrogen-bond donors (Lipinski definition) is 2. The van der Waals surface area contributed by atoms with E-state index in [2.05, 4.69) is 15.0 Å². The van der Waals surface area contributed by atoms with Gasteiger partial charge in [0.25, 0.3) is 0 Å². The molecule has 0 fully saturated rings. The van der Waals surface area contributed by atoms with Crippen LogP contribution in [0.3, 0.4) is 0 Å². The Kier molecular flexibility index (Phi) is 1.73. The van der Waals surface area contributed by atoms with Crippen molar-refractivity contribution in [2.45, 2.75) is 6.92 Å². The second-order valence-electron chi connectivity index (χ2n) is 2.77. The van der Waals surface area contributed by atoms with Gasteiger partial charge in [-0.3, -0.25) is 4.98 Å². The number of rotatable bonds is 1. The standard InChI is InChI=1S/C9H9N3O/c1-6-9(13)12-8(11-6)7-2-4-10-5-3-7/h2-5,13H,1H3,(H,11,12). The molecule has 4 nitrogen and oxygen atoms in total. The summed E-state index contributed by atoms with van der Waals surface area (Å²) < 4.78 is 0. The van der Waals surface area contributed by atoms with E-state index >= 15 is 0 Å². The van der Waals surface area contributed by atoms with Crippen LogP contribution < -0.4 is 0 Å². The lowest BCUT2D eigenvalue weighted by Crippen LogP contribution is -1.80. The van der Waals surface area contributed by atoms with E-state index in [1.54, 1.807) is 19.3 Å². The molecule has 0 saturated heterocycles. The van der Waals surface area contributed by atoms with Gasteiger partial charge in [-0.1, -0.05) is 0 Å². The quantitative estimate of drug-likeness (QED) is 0.690. The normalized spacial score (nSPS) is 10.2. The molecule has 2 heterocycles. The van der Waals surface area contributed by atoms with Crippen LogP contribution in [0.4, 0.5) is 0 Å². The highest BCUT2D eigenvalue weighted by atomic mass is 16.3. The van der Waals surface area contributed by atoms with Crippen molar-refractivity contribution in [3.05, 3.63) is 30.2 Å². The van der Waals surface area contributed by atoms with Crippen LogP contribution in [0.25, 0.3) is 11.4 Å². The Morgan fingerprint density at radius 2 is 2.00 bits per heavy atom. The molecule has 0 aliphatic heterocycles. The van der Waals surface area contributed by atoms with Crippen LogP contribution in [0.2, 0.25) is 0 Å². The lowest BCUT2D eigenvalue weighted by atomic mass is 10.2. The zero-order valence-electron chi connectivity index (χ0n) is 7.15. The first-order chi connectivity index (χ1) is 6.27. The highest BCUT2D eigenvalue weighted by Gasteiger charge is 2.05. The van der Waals surface area contributed by atoms with E-state index in [1.165, 1.54) is 0 Å². The number of nitrogens with zero attached hydrogens (tertiary/aromatic N) is 2. The van der Waals surface area contributed by atoms with Crippen LogP contribution in [0.5, 0.6) is 5.88 Å². The molecule has 2 aromatic rings. The van der Waals surface area contributed by atoms with E-state index in [4.69, 9.17) is 0 Å². The molecule has 0 aliphatic rings. The molecule has 0 radical (unpaired) electrons. The van der Waals surface area contributed by atoms with E-state index in [0.717, 1.165) is 5.56 Å². The number of aryl methyl sites for hydroxylation is 1. The molecule has 0 aromatic carbocycles. The SMILES string of the molecule is Cc1[nH]c(-c2ccncc2)nc1O. The summed E-state index contributed by atoms with van der Waals surface area (Å²) in [4.78, 5) is 10.8. The molecule has 13 heavy (non-hydrogen) atoms. The van der Waals surface area contributed by atoms with Crippen LogP contribution in [0.1, 0.15) is 5.69 Å². The Bertz CT molecular complexity index is 389. The topological polar surface area (TPSA) is 61.8 Å². The monoisotopic (exact) mass is 175 g/mol. The van der Waals surface area contributed by atoms with Gasteiger partial charge in [-0.2, -0.15) is 4.98 Å². The Morgan fingerprint density at radius 1 is 1.31 bits per heavy atom. The van der Waals surface area contributed by atoms with Gasteiger partial charge in [0, 0.05) is 18.0 Å². The maximum atomic E-state index is 9.24. The van der Waals surface area contributed by atoms with Crippen molar-refractivity contribution in [1.29, 1.82) is 0 Å². The van der Waals surface area contributed by atoms with Gasteiger partial charge in [0.05, 0.1) is 5.69 Å². The van der Waals surface area contributed by atoms with Crippen LogP contribution in [0.15, 0.2) is 24.5 Å². The van der Waals surface area contributed by atoms with Crippen LogP contribution in [-0.4, -0.2) is 20.1 Å². The molecule has 0 atom stereocenters. The molecule has 2 N–H and O–H groups in total. The summed E-state index contributed by atoms with van der Waals surface area (Å²) in [6.07, 6.45) is 3.37. The van der Waals surface area contributed by atoms with E-state index in [1.807, 2.05) is 12.1 Å². The lowest BCUT2D eigenvalue weighted by molar-refractivity contribution is 0.452. The number of imidazole rings is 1. The summed E-state index contributed by atoms with van der Waals surface area (Å²) in [5.41, 5.74) is 1.59. The smallest absolute Gasteiger partial charge is 0.232 e. The fourth-order valence-electron chi connectivity index (χ4n) is 1.10. The second-order valence-corrected chi connectivity index (χ2v) is 2.77. The van der Waals surface area contributed by atoms with Crippen molar-refractivity contribution in [2.24, 2.45) is 0 Å². The fraction of sp³-hybridized carbons (Fsp3) is 0.111. The number of nitrogens with one attached hydrogen (secondary N) is 1. The summed E-state index contributed by atoms with van der Waals surface area (Å²) in [5.74, 6) is 0.712. The van der Waals surface area contributed by atoms with Gasteiger partial charge in [0.1, 0.15) is 5.82 Å². The third-order valence-electron chi connectivity index (χ3n) is 1.81. The third kappa shape index (κ3) is 1.38. The zero-order valence-corrected chi connectivity index (χ0v) is 7.15. The molecule has 4 heteroatoms. The van der Waals surface area contributed by atoms with Gasteiger partial charge in [-0.25, -0.2) is 0 Å². The van der Waals surface area contributed by atoms with Crippen molar-refractivity contribution in [3.63, 3.8) is 0 Å². The predicted octanol–water partition coefficient (Wildman–Crippen LogP) is 1.49. The number of aromatic amines is 1. The van der Waals surface area contributed by atoms with Gasteiger partial charge >= 0.3 is 0 Å². The molecular weight excluding hydrogens is 166 g/mol. The van der Waals surface area contributed by atoms with Gasteiger partial charge < -0.3 is 10.1 Å². The largest absolute Gasteiger partial charge is 0.492 e. The van der Waals surface area contributed by atoms with Gasteiger partial charge in [-0.05, 0) is 19.1 Å². The Labute approximate surface area is 75.3 Å². The van der Waals surface area contributed by atoms with E-state index in [0.29, 0.717) is 11.5 Å². The van der Waals surface area contributed by atoms with Crippen LogP contribution >= 0.6 is 0 Å². The highest BCUT2D eigenvalue weighted by molar-refractivity contribution is 5.55. The Balaban J connectivity index is 2.48. The average Bonchev–Trinajstić information content (AvgIpc) is 2.49. The van der Waals surface area contributed by atoms with Crippen molar-refractivity contribution in [2.75, 3.05) is 0 Å². The molecule has 0 saturated carbocycles. The maximum Gasteiger partial charge on any atom is 0.232 e. The highest BCUT2D eigenvalue weighted by Crippen LogP contribution is 2.19. The van der Waals surface area contributed by atoms with Gasteiger partial charge in [0.2, 0.25) is 5.88 Å². The number of aromatic hydroxyl groups is 1. The van der Waals surface area contributed by atoms with Crippen molar-refractivity contribution in [3.8, 4) is 17.3 Å². The minimum absolute atomic E-state index is 0.0480. The van der Waals surface area contributed by atoms with Gasteiger partial charge in [0.15, 0.2) is 0 Å². The molecule has 66 valence electrons. The molecule has 0 unspecified atom stereocenters. The fourth-order valence-corrected chi connectivity index (χ4v) is 1.10. The van der Waals surface area contributed by atoms with Crippen molar-refractivity contribution in [1.82, 2.24) is 15.0 Å². The first kappa shape index (κ1) is 7.79. The first-order valence-corrected chi connectivity index (χ1v) is 3.93. The van der Waals surface area contributed by atoms with E-state index in [9.17, 15) is 5.11 Å². The van der Waals surface area contributed by atoms with Gasteiger partial charge in [-0.15, -0.1) is 0 Å². The minimum atomic E-state index is 0.0480. The molecule has 0 amide bonds. The minimum Gasteiger partial charge on any atom is -0.492 e. The molecule has 0 aliphatic carbocycles. The second kappa shape index (κ2) is 2.90. The Morgan fingerprint density at radius 3 is 2.54 bits per heavy atom. The summed E-state index contributed by atoms with van der Waals surface area (Å²) in [5, 5.41) is 9.24. The summed E-state index contributed by atoms with van der Waals surface area (Å²) in [7, 11) is 0. The number of hydrogen-bond acceptors (Lipinski definition) is 3. The van der Waals surface area contributed by atoms with Crippen molar-refractivity contribution < 1.29 is 5.11 Å². The summed E-state index contributed by atoms with van der Waals surface area (Å²) in [6.45, 7) is 1.77. The number of aromatic nitrogens is 3. The number of pyridine rings is 1. The number of H-pyrrole nitrogens is 1. The Hall–Kier alpha value is -1.84. The molecule has 0 spiro atoms. The average molecular weight is 175 g/mol. The van der Waals surface area contributed by atoms with Crippen LogP contribution in [-0.2, 0) is 0 Å². The summed E-state index contributed by atoms with van der Waals surface area (Å²) in [6, 6.07) is 3.66. The lowest BCUT2D eigenvalue weighted by Gasteiger charge is -1.92. The third-order valence-corrected chi connectivity index (χ3v) is 1.81. The first-order valence-electron chi connectivity index (χ1n) is 3.93. The zero-order chi connectivity index (χ0) is 9.26. The predicted molar refractivity (Wildman–Crippen MR) is 48.2 cm³/mol. The molecule has 2 rings (SSSR count). The van der Waals surface area contributed by atoms with Crippen molar-refractivity contribution >= 4 is 0 Å². The maximum absolute atomic E-state index is 9.24. The molecule has 0 bridgehead atoms. The summed E-state index contributed by atoms with van der Waals surface area (Å²) >= 11 is 0. The molecular formula is C9H9N3O. The van der Waals surface area contributed by atoms with Crippen LogP contribution in [0, 0.1) is 6.92 Å². The van der Waals surface area contributed by atoms with E-state index < -0.39 is 0 Å². The van der Waals surface area contributed by atoms with E-state index in [-0.39, 0.29) is 5.88 Å². The molecule has 2 aromatic heterocycles.